The van der Waals surface area contributed by atoms with E-state index in [1.807, 2.05) is 13.8 Å². The van der Waals surface area contributed by atoms with E-state index in [1.165, 1.54) is 0 Å². The fourth-order valence-electron chi connectivity index (χ4n) is 1.68. The highest BCUT2D eigenvalue weighted by Crippen LogP contribution is 2.26. The number of aldehydes is 1. The van der Waals surface area contributed by atoms with Gasteiger partial charge in [-0.25, -0.2) is 0 Å². The molecule has 5 heteroatoms. The average Bonchev–Trinajstić information content (AvgIpc) is 2.24. The summed E-state index contributed by atoms with van der Waals surface area (Å²) < 4.78 is 5.35. The quantitative estimate of drug-likeness (QED) is 0.459. The molecule has 1 aliphatic heterocycles. The summed E-state index contributed by atoms with van der Waals surface area (Å²) in [6.07, 6.45) is 0.807. The van der Waals surface area contributed by atoms with Crippen LogP contribution in [-0.2, 0) is 9.53 Å². The topological polar surface area (TPSA) is 49.8 Å². The smallest absolute Gasteiger partial charge is 0.379 e. The lowest BCUT2D eigenvalue weighted by atomic mass is 9.81. The number of hydrogen-bond acceptors (Lipinski definition) is 4. The van der Waals surface area contributed by atoms with E-state index in [4.69, 9.17) is 4.74 Å². The van der Waals surface area contributed by atoms with Crippen molar-refractivity contribution in [2.45, 2.75) is 32.4 Å². The Morgan fingerprint density at radius 2 is 2.33 bits per heavy atom. The van der Waals surface area contributed by atoms with Crippen molar-refractivity contribution in [3.63, 3.8) is 0 Å². The Morgan fingerprint density at radius 3 is 2.67 bits per heavy atom. The van der Waals surface area contributed by atoms with Crippen LogP contribution in [-0.4, -0.2) is 41.5 Å². The van der Waals surface area contributed by atoms with E-state index >= 15 is 0 Å². The van der Waals surface area contributed by atoms with Gasteiger partial charge < -0.3 is 14.6 Å². The molecule has 0 saturated carbocycles. The van der Waals surface area contributed by atoms with Gasteiger partial charge in [-0.3, -0.25) is 4.81 Å². The monoisotopic (exact) mass is 171 g/mol. The molecule has 68 valence electrons. The third kappa shape index (κ3) is 1.53. The maximum atomic E-state index is 10.6. The van der Waals surface area contributed by atoms with Gasteiger partial charge in [0.15, 0.2) is 0 Å². The lowest BCUT2D eigenvalue weighted by Crippen LogP contribution is -2.52. The maximum absolute atomic E-state index is 10.6. The zero-order valence-corrected chi connectivity index (χ0v) is 7.65. The molecule has 0 aliphatic carbocycles. The van der Waals surface area contributed by atoms with Crippen molar-refractivity contribution in [3.05, 3.63) is 0 Å². The minimum Gasteiger partial charge on any atom is -0.437 e. The van der Waals surface area contributed by atoms with Crippen LogP contribution < -0.4 is 0 Å². The summed E-state index contributed by atoms with van der Waals surface area (Å²) in [5.74, 6) is 0. The van der Waals surface area contributed by atoms with Crippen LogP contribution >= 0.6 is 0 Å². The average molecular weight is 171 g/mol. The van der Waals surface area contributed by atoms with Crippen molar-refractivity contribution in [1.29, 1.82) is 0 Å². The van der Waals surface area contributed by atoms with Gasteiger partial charge in [-0.15, -0.1) is 0 Å². The van der Waals surface area contributed by atoms with Gasteiger partial charge in [-0.1, -0.05) is 0 Å². The lowest BCUT2D eigenvalue weighted by Gasteiger charge is -2.32. The molecule has 1 aliphatic rings. The van der Waals surface area contributed by atoms with Gasteiger partial charge in [0.2, 0.25) is 0 Å². The van der Waals surface area contributed by atoms with E-state index in [1.54, 1.807) is 11.6 Å². The van der Waals surface area contributed by atoms with Gasteiger partial charge in [0.05, 0.1) is 12.6 Å². The predicted octanol–water partition coefficient (Wildman–Crippen LogP) is -0.268. The first-order valence-corrected chi connectivity index (χ1v) is 4.05. The third-order valence-electron chi connectivity index (χ3n) is 2.15. The van der Waals surface area contributed by atoms with E-state index in [0.717, 1.165) is 6.29 Å². The molecule has 4 nitrogen and oxygen atoms in total. The summed E-state index contributed by atoms with van der Waals surface area (Å²) in [6, 6.07) is -0.319. The molecule has 0 aromatic rings. The Balaban J connectivity index is 2.80. The Hall–Kier alpha value is -0.385. The van der Waals surface area contributed by atoms with Crippen molar-refractivity contribution in [3.8, 4) is 0 Å². The highest BCUT2D eigenvalue weighted by Gasteiger charge is 2.44. The molecule has 1 heterocycles. The molecule has 0 radical (unpaired) electrons. The van der Waals surface area contributed by atoms with Crippen molar-refractivity contribution in [2.75, 3.05) is 6.61 Å². The van der Waals surface area contributed by atoms with Crippen LogP contribution in [0.3, 0.4) is 0 Å². The van der Waals surface area contributed by atoms with Gasteiger partial charge >= 0.3 is 7.05 Å². The van der Waals surface area contributed by atoms with Gasteiger partial charge in [0.1, 0.15) is 12.0 Å². The molecule has 1 N–H and O–H groups in total. The van der Waals surface area contributed by atoms with E-state index in [2.05, 4.69) is 0 Å². The van der Waals surface area contributed by atoms with Crippen LogP contribution in [0, 0.1) is 0 Å². The van der Waals surface area contributed by atoms with Gasteiger partial charge in [0.25, 0.3) is 0 Å². The Bertz CT molecular complexity index is 183. The van der Waals surface area contributed by atoms with Gasteiger partial charge in [0, 0.05) is 0 Å². The first kappa shape index (κ1) is 9.70. The molecule has 0 spiro atoms. The van der Waals surface area contributed by atoms with Crippen LogP contribution in [0.2, 0.25) is 6.82 Å². The number of hydrogen-bond donors (Lipinski definition) is 1. The molecule has 0 aromatic heterocycles. The molecule has 12 heavy (non-hydrogen) atoms. The van der Waals surface area contributed by atoms with Crippen molar-refractivity contribution >= 4 is 13.3 Å². The number of ether oxygens (including phenoxy) is 1. The maximum Gasteiger partial charge on any atom is 0.379 e. The number of carbonyl (C=O) groups excluding carboxylic acids is 1. The zero-order chi connectivity index (χ0) is 9.35. The van der Waals surface area contributed by atoms with Gasteiger partial charge in [-0.05, 0) is 20.7 Å². The molecule has 0 bridgehead atoms. The third-order valence-corrected chi connectivity index (χ3v) is 2.15. The SMILES string of the molecule is CB(O)N1[C@@H](C=O)COC1(C)C. The second kappa shape index (κ2) is 3.16. The second-order valence-electron chi connectivity index (χ2n) is 3.50. The van der Waals surface area contributed by atoms with Crippen LogP contribution in [0.5, 0.6) is 0 Å². The minimum atomic E-state index is -0.655. The second-order valence-corrected chi connectivity index (χ2v) is 3.50. The molecule has 1 saturated heterocycles. The number of nitrogens with zero attached hydrogens (tertiary/aromatic N) is 1. The molecular weight excluding hydrogens is 157 g/mol. The standard InChI is InChI=1S/C7H14BNO3/c1-7(2)9(8(3)11)6(4-10)5-12-7/h4,6,11H,5H2,1-3H3/t6-/m0/s1. The summed E-state index contributed by atoms with van der Waals surface area (Å²) in [4.78, 5) is 12.2. The first-order chi connectivity index (χ1) is 5.49. The Morgan fingerprint density at radius 1 is 1.75 bits per heavy atom. The first-order valence-electron chi connectivity index (χ1n) is 4.05. The highest BCUT2D eigenvalue weighted by atomic mass is 16.5. The zero-order valence-electron chi connectivity index (χ0n) is 7.65. The van der Waals surface area contributed by atoms with Crippen LogP contribution in [0.15, 0.2) is 0 Å². The van der Waals surface area contributed by atoms with Crippen LogP contribution in [0.1, 0.15) is 13.8 Å². The van der Waals surface area contributed by atoms with Crippen LogP contribution in [0.25, 0.3) is 0 Å². The number of rotatable bonds is 2. The fraction of sp³-hybridized carbons (Fsp3) is 0.857. The molecule has 1 fully saturated rings. The van der Waals surface area contributed by atoms with E-state index in [-0.39, 0.29) is 6.04 Å². The van der Waals surface area contributed by atoms with Crippen LogP contribution in [0.4, 0.5) is 0 Å². The minimum absolute atomic E-state index is 0.319. The summed E-state index contributed by atoms with van der Waals surface area (Å²) in [6.45, 7) is 5.67. The molecule has 0 aromatic carbocycles. The molecular formula is C7H14BNO3. The predicted molar refractivity (Wildman–Crippen MR) is 45.6 cm³/mol. The Labute approximate surface area is 72.6 Å². The normalized spacial score (nSPS) is 28.8. The van der Waals surface area contributed by atoms with Gasteiger partial charge in [-0.2, -0.15) is 0 Å². The van der Waals surface area contributed by atoms with E-state index in [9.17, 15) is 9.82 Å². The van der Waals surface area contributed by atoms with Crippen molar-refractivity contribution < 1.29 is 14.6 Å². The summed E-state index contributed by atoms with van der Waals surface area (Å²) >= 11 is 0. The van der Waals surface area contributed by atoms with E-state index in [0.29, 0.717) is 6.61 Å². The molecule has 1 atom stereocenters. The number of carbonyl (C=O) groups is 1. The Kier molecular flexibility index (Phi) is 2.56. The van der Waals surface area contributed by atoms with Crippen molar-refractivity contribution in [1.82, 2.24) is 4.81 Å². The van der Waals surface area contributed by atoms with Crippen molar-refractivity contribution in [2.24, 2.45) is 0 Å². The highest BCUT2D eigenvalue weighted by molar-refractivity contribution is 6.46. The summed E-state index contributed by atoms with van der Waals surface area (Å²) in [5, 5.41) is 9.38. The summed E-state index contributed by atoms with van der Waals surface area (Å²) in [5.41, 5.74) is -0.542. The largest absolute Gasteiger partial charge is 0.437 e. The molecule has 1 rings (SSSR count). The summed E-state index contributed by atoms with van der Waals surface area (Å²) in [7, 11) is -0.655. The molecule has 0 unspecified atom stereocenters. The fourth-order valence-corrected chi connectivity index (χ4v) is 1.68. The van der Waals surface area contributed by atoms with E-state index < -0.39 is 12.8 Å². The molecule has 0 amide bonds. The lowest BCUT2D eigenvalue weighted by molar-refractivity contribution is -0.111.